The first-order valence-corrected chi connectivity index (χ1v) is 16.1. The maximum absolute atomic E-state index is 12.4. The molecule has 4 aromatic rings. The third-order valence-corrected chi connectivity index (χ3v) is 7.61. The number of methoxy groups -OCH3 is 1. The number of benzene rings is 4. The van der Waals surface area contributed by atoms with Crippen LogP contribution in [0, 0.1) is 0 Å². The first kappa shape index (κ1) is 35.7. The summed E-state index contributed by atoms with van der Waals surface area (Å²) >= 11 is 0. The lowest BCUT2D eigenvalue weighted by molar-refractivity contribution is 0.102. The van der Waals surface area contributed by atoms with E-state index in [2.05, 4.69) is 6.92 Å². The molecule has 0 bridgehead atoms. The van der Waals surface area contributed by atoms with Gasteiger partial charge in [0.05, 0.1) is 30.4 Å². The number of ketones is 2. The maximum Gasteiger partial charge on any atom is 0.200 e. The van der Waals surface area contributed by atoms with Crippen molar-refractivity contribution in [3.8, 4) is 28.7 Å². The number of rotatable bonds is 17. The summed E-state index contributed by atoms with van der Waals surface area (Å²) in [6.07, 6.45) is 12.9. The number of phenols is 3. The van der Waals surface area contributed by atoms with E-state index in [0.717, 1.165) is 6.42 Å². The Labute approximate surface area is 272 Å². The Hall–Kier alpha value is -4.78. The number of para-hydroxylation sites is 1. The lowest BCUT2D eigenvalue weighted by Crippen LogP contribution is -2.02. The van der Waals surface area contributed by atoms with Crippen LogP contribution in [-0.2, 0) is 0 Å². The lowest BCUT2D eigenvalue weighted by atomic mass is 10.0. The molecule has 0 unspecified atom stereocenters. The first-order valence-electron chi connectivity index (χ1n) is 16.1. The monoisotopic (exact) mass is 626 g/mol. The molecule has 46 heavy (non-hydrogen) atoms. The molecule has 4 aromatic carbocycles. The SMILES string of the molecule is CCCCCCCCCCCCOc1ccc(C(=O)c2ccccc2)c(O)c1.COc1ccc(C(=O)c2ccccc2O)c(O)c1. The second kappa shape index (κ2) is 19.6. The molecule has 7 heteroatoms. The molecule has 0 saturated carbocycles. The summed E-state index contributed by atoms with van der Waals surface area (Å²) in [6.45, 7) is 2.89. The molecule has 0 saturated heterocycles. The predicted octanol–water partition coefficient (Wildman–Crippen LogP) is 9.26. The maximum atomic E-state index is 12.4. The second-order valence-electron chi connectivity index (χ2n) is 11.1. The molecule has 0 aliphatic carbocycles. The molecule has 0 fully saturated rings. The number of unbranched alkanes of at least 4 members (excludes halogenated alkanes) is 9. The fourth-order valence-corrected chi connectivity index (χ4v) is 4.96. The van der Waals surface area contributed by atoms with Crippen molar-refractivity contribution >= 4 is 11.6 Å². The molecule has 0 aliphatic rings. The van der Waals surface area contributed by atoms with Gasteiger partial charge in [0.15, 0.2) is 11.6 Å². The zero-order chi connectivity index (χ0) is 33.1. The van der Waals surface area contributed by atoms with Crippen molar-refractivity contribution in [2.45, 2.75) is 71.1 Å². The molecular formula is C39H46O7. The third kappa shape index (κ3) is 11.3. The number of hydrogen-bond acceptors (Lipinski definition) is 7. The van der Waals surface area contributed by atoms with Gasteiger partial charge >= 0.3 is 0 Å². The third-order valence-electron chi connectivity index (χ3n) is 7.61. The van der Waals surface area contributed by atoms with Crippen molar-refractivity contribution in [1.82, 2.24) is 0 Å². The van der Waals surface area contributed by atoms with Crippen molar-refractivity contribution in [3.05, 3.63) is 113 Å². The van der Waals surface area contributed by atoms with Crippen molar-refractivity contribution < 1.29 is 34.4 Å². The summed E-state index contributed by atoms with van der Waals surface area (Å²) in [4.78, 5) is 24.6. The Kier molecular flexibility index (Phi) is 15.2. The predicted molar refractivity (Wildman–Crippen MR) is 182 cm³/mol. The molecular weight excluding hydrogens is 580 g/mol. The van der Waals surface area contributed by atoms with Gasteiger partial charge in [-0.25, -0.2) is 0 Å². The van der Waals surface area contributed by atoms with E-state index in [9.17, 15) is 24.9 Å². The van der Waals surface area contributed by atoms with Crippen molar-refractivity contribution in [2.75, 3.05) is 13.7 Å². The fourth-order valence-electron chi connectivity index (χ4n) is 4.96. The average Bonchev–Trinajstić information content (AvgIpc) is 3.07. The molecule has 244 valence electrons. The minimum atomic E-state index is -0.437. The van der Waals surface area contributed by atoms with Crippen molar-refractivity contribution in [1.29, 1.82) is 0 Å². The second-order valence-corrected chi connectivity index (χ2v) is 11.1. The van der Waals surface area contributed by atoms with Crippen LogP contribution in [0.4, 0.5) is 0 Å². The summed E-state index contributed by atoms with van der Waals surface area (Å²) in [5.74, 6) is 0.127. The molecule has 3 N–H and O–H groups in total. The largest absolute Gasteiger partial charge is 0.507 e. The van der Waals surface area contributed by atoms with Crippen LogP contribution in [0.3, 0.4) is 0 Å². The molecule has 0 amide bonds. The zero-order valence-electron chi connectivity index (χ0n) is 26.9. The highest BCUT2D eigenvalue weighted by molar-refractivity contribution is 6.12. The average molecular weight is 627 g/mol. The van der Waals surface area contributed by atoms with Crippen LogP contribution in [0.5, 0.6) is 28.7 Å². The van der Waals surface area contributed by atoms with Gasteiger partial charge in [-0.2, -0.15) is 0 Å². The van der Waals surface area contributed by atoms with Crippen molar-refractivity contribution in [3.63, 3.8) is 0 Å². The van der Waals surface area contributed by atoms with E-state index in [4.69, 9.17) is 9.47 Å². The van der Waals surface area contributed by atoms with Crippen LogP contribution in [0.2, 0.25) is 0 Å². The number of carbonyl (C=O) groups excluding carboxylic acids is 2. The first-order chi connectivity index (χ1) is 22.3. The molecule has 0 aromatic heterocycles. The van der Waals surface area contributed by atoms with Crippen LogP contribution in [-0.4, -0.2) is 40.6 Å². The van der Waals surface area contributed by atoms with E-state index in [0.29, 0.717) is 29.2 Å². The van der Waals surface area contributed by atoms with Crippen LogP contribution >= 0.6 is 0 Å². The zero-order valence-corrected chi connectivity index (χ0v) is 26.9. The quantitative estimate of drug-likeness (QED) is 0.0791. The van der Waals surface area contributed by atoms with E-state index in [-0.39, 0.29) is 34.2 Å². The summed E-state index contributed by atoms with van der Waals surface area (Å²) < 4.78 is 10.7. The van der Waals surface area contributed by atoms with Gasteiger partial charge in [-0.1, -0.05) is 107 Å². The number of carbonyl (C=O) groups is 2. The Balaban J connectivity index is 0.000000275. The Bertz CT molecular complexity index is 1510. The van der Waals surface area contributed by atoms with E-state index < -0.39 is 5.78 Å². The van der Waals surface area contributed by atoms with E-state index >= 15 is 0 Å². The summed E-state index contributed by atoms with van der Waals surface area (Å²) in [7, 11) is 1.47. The molecule has 0 heterocycles. The summed E-state index contributed by atoms with van der Waals surface area (Å²) in [6, 6.07) is 24.5. The topological polar surface area (TPSA) is 113 Å². The number of ether oxygens (including phenoxy) is 2. The normalized spacial score (nSPS) is 10.5. The Morgan fingerprint density at radius 3 is 1.63 bits per heavy atom. The fraction of sp³-hybridized carbons (Fsp3) is 0.333. The molecule has 7 nitrogen and oxygen atoms in total. The smallest absolute Gasteiger partial charge is 0.200 e. The summed E-state index contributed by atoms with van der Waals surface area (Å²) in [5, 5.41) is 29.6. The number of phenolic OH excluding ortho intramolecular Hbond substituents is 3. The van der Waals surface area contributed by atoms with E-state index in [1.165, 1.54) is 95.2 Å². The van der Waals surface area contributed by atoms with Gasteiger partial charge in [-0.15, -0.1) is 0 Å². The highest BCUT2D eigenvalue weighted by Gasteiger charge is 2.17. The molecule has 4 rings (SSSR count). The Morgan fingerprint density at radius 2 is 1.04 bits per heavy atom. The van der Waals surface area contributed by atoms with Gasteiger partial charge in [-0.05, 0) is 42.8 Å². The highest BCUT2D eigenvalue weighted by atomic mass is 16.5. The number of aromatic hydroxyl groups is 3. The van der Waals surface area contributed by atoms with Crippen LogP contribution in [0.15, 0.2) is 91.0 Å². The van der Waals surface area contributed by atoms with E-state index in [1.54, 1.807) is 42.5 Å². The Morgan fingerprint density at radius 1 is 0.543 bits per heavy atom. The van der Waals surface area contributed by atoms with Crippen molar-refractivity contribution in [2.24, 2.45) is 0 Å². The van der Waals surface area contributed by atoms with Crippen LogP contribution < -0.4 is 9.47 Å². The van der Waals surface area contributed by atoms with Gasteiger partial charge in [0.2, 0.25) is 0 Å². The number of hydrogen-bond donors (Lipinski definition) is 3. The summed E-state index contributed by atoms with van der Waals surface area (Å²) in [5.41, 5.74) is 1.14. The lowest BCUT2D eigenvalue weighted by Gasteiger charge is -2.09. The van der Waals surface area contributed by atoms with Crippen LogP contribution in [0.25, 0.3) is 0 Å². The van der Waals surface area contributed by atoms with Gasteiger partial charge < -0.3 is 24.8 Å². The standard InChI is InChI=1S/C25H34O3.C14H12O4/c1-2-3-4-5-6-7-8-9-10-14-19-28-22-17-18-23(24(26)20-22)25(27)21-15-12-11-13-16-21;1-18-9-6-7-11(13(16)8-9)14(17)10-4-2-3-5-12(10)15/h11-13,15-18,20,26H,2-10,14,19H2,1H3;2-8,15-16H,1H3. The highest BCUT2D eigenvalue weighted by Crippen LogP contribution is 2.29. The van der Waals surface area contributed by atoms with Crippen LogP contribution in [0.1, 0.15) is 103 Å². The van der Waals surface area contributed by atoms with Gasteiger partial charge in [0.25, 0.3) is 0 Å². The molecule has 0 atom stereocenters. The minimum absolute atomic E-state index is 0.0329. The van der Waals surface area contributed by atoms with Gasteiger partial charge in [-0.3, -0.25) is 9.59 Å². The van der Waals surface area contributed by atoms with Gasteiger partial charge in [0, 0.05) is 17.7 Å². The van der Waals surface area contributed by atoms with Gasteiger partial charge in [0.1, 0.15) is 28.7 Å². The molecule has 0 aliphatic heterocycles. The van der Waals surface area contributed by atoms with E-state index in [1.807, 2.05) is 18.2 Å². The molecule has 0 spiro atoms. The molecule has 0 radical (unpaired) electrons. The minimum Gasteiger partial charge on any atom is -0.507 e.